The van der Waals surface area contributed by atoms with E-state index in [1.165, 1.54) is 6.21 Å². The lowest BCUT2D eigenvalue weighted by Gasteiger charge is -2.10. The van der Waals surface area contributed by atoms with Crippen LogP contribution in [-0.2, 0) is 11.4 Å². The van der Waals surface area contributed by atoms with E-state index in [0.29, 0.717) is 34.4 Å². The Kier molecular flexibility index (Phi) is 7.66. The second kappa shape index (κ2) is 11.0. The molecule has 4 rings (SSSR count). The van der Waals surface area contributed by atoms with E-state index in [0.717, 1.165) is 15.6 Å². The standard InChI is InChI=1S/C24H19BrClN3O5/c25-18-9-15(5-7-20(18)32-13-17-3-1-2-4-19(17)26)11-28-29-23(30)12-27-24(31)16-6-8-21-22(10-16)34-14-33-21/h1-11H,12-14H2,(H,27,31)(H,29,30). The zero-order chi connectivity index (χ0) is 23.9. The fourth-order valence-corrected chi connectivity index (χ4v) is 3.71. The van der Waals surface area contributed by atoms with Gasteiger partial charge in [-0.25, -0.2) is 5.43 Å². The van der Waals surface area contributed by atoms with Crippen molar-refractivity contribution >= 4 is 45.6 Å². The second-order valence-corrected chi connectivity index (χ2v) is 8.38. The van der Waals surface area contributed by atoms with Gasteiger partial charge in [0.1, 0.15) is 12.4 Å². The third kappa shape index (κ3) is 6.06. The number of hydrazone groups is 1. The molecule has 0 unspecified atom stereocenters. The number of fused-ring (bicyclic) bond motifs is 1. The minimum atomic E-state index is -0.468. The Hall–Kier alpha value is -3.56. The highest BCUT2D eigenvalue weighted by Crippen LogP contribution is 2.32. The van der Waals surface area contributed by atoms with Crippen LogP contribution < -0.4 is 25.0 Å². The highest BCUT2D eigenvalue weighted by atomic mass is 79.9. The number of nitrogens with zero attached hydrogens (tertiary/aromatic N) is 1. The predicted molar refractivity (Wildman–Crippen MR) is 131 cm³/mol. The van der Waals surface area contributed by atoms with Crippen molar-refractivity contribution in [3.05, 3.63) is 86.8 Å². The molecule has 1 heterocycles. The normalized spacial score (nSPS) is 11.9. The van der Waals surface area contributed by atoms with E-state index in [1.54, 1.807) is 36.4 Å². The molecular formula is C24H19BrClN3O5. The molecule has 0 aromatic heterocycles. The number of ether oxygens (including phenoxy) is 3. The highest BCUT2D eigenvalue weighted by molar-refractivity contribution is 9.10. The molecule has 8 nitrogen and oxygen atoms in total. The number of carbonyl (C=O) groups is 2. The molecule has 3 aromatic rings. The molecule has 2 N–H and O–H groups in total. The first-order chi connectivity index (χ1) is 16.5. The Balaban J connectivity index is 1.24. The largest absolute Gasteiger partial charge is 0.488 e. The van der Waals surface area contributed by atoms with Gasteiger partial charge in [-0.15, -0.1) is 0 Å². The molecule has 2 amide bonds. The van der Waals surface area contributed by atoms with Crippen LogP contribution in [0.1, 0.15) is 21.5 Å². The van der Waals surface area contributed by atoms with Crippen LogP contribution in [0, 0.1) is 0 Å². The lowest BCUT2D eigenvalue weighted by atomic mass is 10.2. The van der Waals surface area contributed by atoms with Gasteiger partial charge < -0.3 is 19.5 Å². The molecule has 10 heteroatoms. The van der Waals surface area contributed by atoms with Crippen molar-refractivity contribution in [3.8, 4) is 17.2 Å². The first-order valence-corrected chi connectivity index (χ1v) is 11.3. The maximum absolute atomic E-state index is 12.2. The Morgan fingerprint density at radius 3 is 2.74 bits per heavy atom. The number of nitrogens with one attached hydrogen (secondary N) is 2. The summed E-state index contributed by atoms with van der Waals surface area (Å²) in [7, 11) is 0. The van der Waals surface area contributed by atoms with Gasteiger partial charge in [-0.3, -0.25) is 9.59 Å². The van der Waals surface area contributed by atoms with E-state index in [2.05, 4.69) is 31.8 Å². The first kappa shape index (κ1) is 23.6. The summed E-state index contributed by atoms with van der Waals surface area (Å²) in [5.74, 6) is 0.841. The van der Waals surface area contributed by atoms with Crippen molar-refractivity contribution in [2.24, 2.45) is 5.10 Å². The molecule has 174 valence electrons. The minimum Gasteiger partial charge on any atom is -0.488 e. The van der Waals surface area contributed by atoms with Crippen LogP contribution in [0.3, 0.4) is 0 Å². The van der Waals surface area contributed by atoms with Gasteiger partial charge in [-0.1, -0.05) is 29.8 Å². The second-order valence-electron chi connectivity index (χ2n) is 7.11. The summed E-state index contributed by atoms with van der Waals surface area (Å²) in [6.07, 6.45) is 1.49. The third-order valence-electron chi connectivity index (χ3n) is 4.74. The molecule has 0 spiro atoms. The molecule has 0 atom stereocenters. The average molecular weight is 545 g/mol. The molecular weight excluding hydrogens is 526 g/mol. The van der Waals surface area contributed by atoms with Crippen molar-refractivity contribution in [2.75, 3.05) is 13.3 Å². The molecule has 3 aromatic carbocycles. The van der Waals surface area contributed by atoms with Gasteiger partial charge in [0.05, 0.1) is 17.2 Å². The molecule has 0 saturated carbocycles. The number of benzene rings is 3. The summed E-state index contributed by atoms with van der Waals surface area (Å²) in [5.41, 5.74) is 4.36. The molecule has 0 fully saturated rings. The van der Waals surface area contributed by atoms with Crippen LogP contribution >= 0.6 is 27.5 Å². The topological polar surface area (TPSA) is 98.3 Å². The van der Waals surface area contributed by atoms with Crippen molar-refractivity contribution in [3.63, 3.8) is 0 Å². The van der Waals surface area contributed by atoms with Gasteiger partial charge in [0, 0.05) is 16.1 Å². The number of amides is 2. The molecule has 34 heavy (non-hydrogen) atoms. The Morgan fingerprint density at radius 2 is 1.91 bits per heavy atom. The Labute approximate surface area is 209 Å². The van der Waals surface area contributed by atoms with Gasteiger partial charge in [0.2, 0.25) is 6.79 Å². The summed E-state index contributed by atoms with van der Waals surface area (Å²) in [6.45, 7) is 0.221. The van der Waals surface area contributed by atoms with Gasteiger partial charge in [-0.2, -0.15) is 5.10 Å². The van der Waals surface area contributed by atoms with Gasteiger partial charge >= 0.3 is 0 Å². The lowest BCUT2D eigenvalue weighted by molar-refractivity contribution is -0.120. The number of halogens is 2. The van der Waals surface area contributed by atoms with Crippen LogP contribution in [-0.4, -0.2) is 31.4 Å². The van der Waals surface area contributed by atoms with Crippen molar-refractivity contribution in [2.45, 2.75) is 6.61 Å². The maximum Gasteiger partial charge on any atom is 0.259 e. The Bertz CT molecular complexity index is 1250. The molecule has 0 radical (unpaired) electrons. The van der Waals surface area contributed by atoms with Crippen LogP contribution in [0.2, 0.25) is 5.02 Å². The first-order valence-electron chi connectivity index (χ1n) is 10.1. The van der Waals surface area contributed by atoms with Crippen molar-refractivity contribution in [1.82, 2.24) is 10.7 Å². The van der Waals surface area contributed by atoms with Crippen LogP contribution in [0.5, 0.6) is 17.2 Å². The molecule has 0 bridgehead atoms. The van der Waals surface area contributed by atoms with Gasteiger partial charge in [0.25, 0.3) is 11.8 Å². The van der Waals surface area contributed by atoms with Crippen LogP contribution in [0.15, 0.2) is 70.2 Å². The van der Waals surface area contributed by atoms with E-state index >= 15 is 0 Å². The summed E-state index contributed by atoms with van der Waals surface area (Å²) in [4.78, 5) is 24.2. The molecule has 1 aliphatic heterocycles. The number of hydrogen-bond acceptors (Lipinski definition) is 6. The highest BCUT2D eigenvalue weighted by Gasteiger charge is 2.16. The van der Waals surface area contributed by atoms with Gasteiger partial charge in [0.15, 0.2) is 11.5 Å². The average Bonchev–Trinajstić information content (AvgIpc) is 3.31. The zero-order valence-electron chi connectivity index (χ0n) is 17.7. The predicted octanol–water partition coefficient (Wildman–Crippen LogP) is 4.29. The van der Waals surface area contributed by atoms with E-state index in [-0.39, 0.29) is 13.3 Å². The molecule has 0 saturated heterocycles. The van der Waals surface area contributed by atoms with Gasteiger partial charge in [-0.05, 0) is 64.0 Å². The van der Waals surface area contributed by atoms with E-state index in [4.69, 9.17) is 25.8 Å². The number of hydrogen-bond donors (Lipinski definition) is 2. The Morgan fingerprint density at radius 1 is 1.09 bits per heavy atom. The van der Waals surface area contributed by atoms with E-state index in [1.807, 2.05) is 24.3 Å². The van der Waals surface area contributed by atoms with E-state index in [9.17, 15) is 9.59 Å². The minimum absolute atomic E-state index is 0.121. The zero-order valence-corrected chi connectivity index (χ0v) is 20.1. The quantitative estimate of drug-likeness (QED) is 0.326. The summed E-state index contributed by atoms with van der Waals surface area (Å²) >= 11 is 9.62. The van der Waals surface area contributed by atoms with E-state index < -0.39 is 11.8 Å². The maximum atomic E-state index is 12.2. The van der Waals surface area contributed by atoms with Crippen LogP contribution in [0.4, 0.5) is 0 Å². The fourth-order valence-electron chi connectivity index (χ4n) is 3.00. The summed E-state index contributed by atoms with van der Waals surface area (Å²) in [6, 6.07) is 17.7. The SMILES string of the molecule is O=C(CNC(=O)c1ccc2c(c1)OCO2)NN=Cc1ccc(OCc2ccccc2Cl)c(Br)c1. The summed E-state index contributed by atoms with van der Waals surface area (Å²) < 4.78 is 17.0. The molecule has 1 aliphatic rings. The lowest BCUT2D eigenvalue weighted by Crippen LogP contribution is -2.34. The number of carbonyl (C=O) groups excluding carboxylic acids is 2. The molecule has 0 aliphatic carbocycles. The van der Waals surface area contributed by atoms with Crippen molar-refractivity contribution in [1.29, 1.82) is 0 Å². The smallest absolute Gasteiger partial charge is 0.259 e. The monoisotopic (exact) mass is 543 g/mol. The van der Waals surface area contributed by atoms with Crippen LogP contribution in [0.25, 0.3) is 0 Å². The van der Waals surface area contributed by atoms with Crippen molar-refractivity contribution < 1.29 is 23.8 Å². The third-order valence-corrected chi connectivity index (χ3v) is 5.73. The fraction of sp³-hybridized carbons (Fsp3) is 0.125. The number of rotatable bonds is 8. The summed E-state index contributed by atoms with van der Waals surface area (Å²) in [5, 5.41) is 7.10.